The third kappa shape index (κ3) is 2.35. The molecule has 3 rings (SSSR count). The zero-order chi connectivity index (χ0) is 16.1. The van der Waals surface area contributed by atoms with E-state index in [1.807, 2.05) is 0 Å². The quantitative estimate of drug-likeness (QED) is 0.878. The minimum Gasteiger partial charge on any atom is -0.478 e. The molecule has 0 amide bonds. The van der Waals surface area contributed by atoms with Gasteiger partial charge in [0, 0.05) is 17.0 Å². The number of aliphatic carboxylic acids is 1. The number of carbonyl (C=O) groups is 1. The van der Waals surface area contributed by atoms with Crippen molar-refractivity contribution in [3.8, 4) is 5.75 Å². The highest BCUT2D eigenvalue weighted by Gasteiger charge is 2.31. The summed E-state index contributed by atoms with van der Waals surface area (Å²) in [6.07, 6.45) is 2.45. The van der Waals surface area contributed by atoms with E-state index in [-0.39, 0.29) is 11.4 Å². The van der Waals surface area contributed by atoms with Gasteiger partial charge < -0.3 is 14.3 Å². The SMILES string of the molecule is CC(C)(Oc1cc2oc(=O)c3c(c2cc1Cl)CCC3)C(=O)O. The van der Waals surface area contributed by atoms with Crippen LogP contribution in [-0.2, 0) is 17.6 Å². The minimum atomic E-state index is -1.44. The predicted molar refractivity (Wildman–Crippen MR) is 81.9 cm³/mol. The smallest absolute Gasteiger partial charge is 0.347 e. The summed E-state index contributed by atoms with van der Waals surface area (Å²) in [5.74, 6) is -0.929. The van der Waals surface area contributed by atoms with Gasteiger partial charge in [0.25, 0.3) is 0 Å². The van der Waals surface area contributed by atoms with Gasteiger partial charge in [-0.1, -0.05) is 11.6 Å². The fourth-order valence-electron chi connectivity index (χ4n) is 2.68. The van der Waals surface area contributed by atoms with Gasteiger partial charge in [-0.2, -0.15) is 0 Å². The molecule has 1 aromatic heterocycles. The molecule has 0 spiro atoms. The van der Waals surface area contributed by atoms with E-state index >= 15 is 0 Å². The zero-order valence-corrected chi connectivity index (χ0v) is 13.0. The van der Waals surface area contributed by atoms with Crippen LogP contribution in [-0.4, -0.2) is 16.7 Å². The summed E-state index contributed by atoms with van der Waals surface area (Å²) < 4.78 is 10.8. The highest BCUT2D eigenvalue weighted by atomic mass is 35.5. The second-order valence-electron chi connectivity index (χ2n) is 5.90. The number of fused-ring (bicyclic) bond motifs is 3. The van der Waals surface area contributed by atoms with Crippen molar-refractivity contribution in [3.63, 3.8) is 0 Å². The maximum absolute atomic E-state index is 12.0. The molecule has 0 saturated carbocycles. The summed E-state index contributed by atoms with van der Waals surface area (Å²) >= 11 is 6.22. The van der Waals surface area contributed by atoms with E-state index in [2.05, 4.69) is 0 Å². The van der Waals surface area contributed by atoms with Crippen LogP contribution in [0.2, 0.25) is 5.02 Å². The second-order valence-corrected chi connectivity index (χ2v) is 6.30. The molecule has 1 aliphatic rings. The maximum atomic E-state index is 12.0. The number of ether oxygens (including phenoxy) is 1. The molecule has 1 aromatic carbocycles. The van der Waals surface area contributed by atoms with Crippen LogP contribution in [0.15, 0.2) is 21.3 Å². The number of halogens is 1. The molecule has 0 unspecified atom stereocenters. The summed E-state index contributed by atoms with van der Waals surface area (Å²) in [5.41, 5.74) is 0.270. The van der Waals surface area contributed by atoms with Gasteiger partial charge in [0.05, 0.1) is 5.02 Å². The number of rotatable bonds is 3. The molecule has 5 nitrogen and oxygen atoms in total. The van der Waals surface area contributed by atoms with Gasteiger partial charge in [0.2, 0.25) is 0 Å². The predicted octanol–water partition coefficient (Wildman–Crippen LogP) is 3.18. The van der Waals surface area contributed by atoms with Crippen molar-refractivity contribution in [2.45, 2.75) is 38.7 Å². The molecule has 0 atom stereocenters. The zero-order valence-electron chi connectivity index (χ0n) is 12.2. The molecule has 0 saturated heterocycles. The van der Waals surface area contributed by atoms with Crippen molar-refractivity contribution < 1.29 is 19.1 Å². The minimum absolute atomic E-state index is 0.183. The first-order valence-electron chi connectivity index (χ1n) is 7.00. The number of carboxylic acids is 1. The first kappa shape index (κ1) is 14.9. The lowest BCUT2D eigenvalue weighted by atomic mass is 10.1. The normalized spacial score (nSPS) is 14.1. The number of hydrogen-bond acceptors (Lipinski definition) is 4. The molecule has 22 heavy (non-hydrogen) atoms. The standard InChI is InChI=1S/C16H15ClO5/c1-16(2,15(19)20)22-13-7-12-10(6-11(13)17)8-4-3-5-9(8)14(18)21-12/h6-7H,3-5H2,1-2H3,(H,19,20). The largest absolute Gasteiger partial charge is 0.478 e. The van der Waals surface area contributed by atoms with Gasteiger partial charge in [-0.05, 0) is 44.7 Å². The average molecular weight is 323 g/mol. The first-order valence-corrected chi connectivity index (χ1v) is 7.38. The van der Waals surface area contributed by atoms with E-state index in [9.17, 15) is 9.59 Å². The number of benzene rings is 1. The maximum Gasteiger partial charge on any atom is 0.347 e. The molecule has 2 aromatic rings. The van der Waals surface area contributed by atoms with Crippen molar-refractivity contribution in [2.75, 3.05) is 0 Å². The molecule has 1 heterocycles. The van der Waals surface area contributed by atoms with Crippen LogP contribution in [0.4, 0.5) is 0 Å². The topological polar surface area (TPSA) is 76.7 Å². The summed E-state index contributed by atoms with van der Waals surface area (Å²) in [7, 11) is 0. The lowest BCUT2D eigenvalue weighted by Crippen LogP contribution is -2.37. The molecule has 1 aliphatic carbocycles. The summed E-state index contributed by atoms with van der Waals surface area (Å²) in [4.78, 5) is 23.1. The van der Waals surface area contributed by atoms with Crippen LogP contribution in [0.1, 0.15) is 31.4 Å². The van der Waals surface area contributed by atoms with Gasteiger partial charge in [-0.25, -0.2) is 9.59 Å². The molecule has 116 valence electrons. The fraction of sp³-hybridized carbons (Fsp3) is 0.375. The number of aryl methyl sites for hydroxylation is 1. The van der Waals surface area contributed by atoms with Crippen LogP contribution in [0.25, 0.3) is 11.0 Å². The lowest BCUT2D eigenvalue weighted by molar-refractivity contribution is -0.152. The third-order valence-electron chi connectivity index (χ3n) is 3.91. The van der Waals surface area contributed by atoms with E-state index in [4.69, 9.17) is 25.9 Å². The van der Waals surface area contributed by atoms with Crippen LogP contribution in [0.5, 0.6) is 5.75 Å². The van der Waals surface area contributed by atoms with E-state index in [0.717, 1.165) is 30.2 Å². The van der Waals surface area contributed by atoms with Crippen LogP contribution in [0, 0.1) is 0 Å². The molecule has 0 fully saturated rings. The monoisotopic (exact) mass is 322 g/mol. The van der Waals surface area contributed by atoms with Gasteiger partial charge in [-0.3, -0.25) is 0 Å². The van der Waals surface area contributed by atoms with E-state index in [1.165, 1.54) is 19.9 Å². The second kappa shape index (κ2) is 5.02. The lowest BCUT2D eigenvalue weighted by Gasteiger charge is -2.22. The Labute approximate surface area is 131 Å². The fourth-order valence-corrected chi connectivity index (χ4v) is 2.88. The Kier molecular flexibility index (Phi) is 3.40. The number of hydrogen-bond donors (Lipinski definition) is 1. The molecule has 0 radical (unpaired) electrons. The van der Waals surface area contributed by atoms with Crippen LogP contribution < -0.4 is 10.4 Å². The van der Waals surface area contributed by atoms with Gasteiger partial charge in [0.15, 0.2) is 5.60 Å². The summed E-state index contributed by atoms with van der Waals surface area (Å²) in [5, 5.41) is 10.2. The average Bonchev–Trinajstić information content (AvgIpc) is 2.90. The molecule has 0 bridgehead atoms. The Bertz CT molecular complexity index is 835. The molecule has 6 heteroatoms. The van der Waals surface area contributed by atoms with Gasteiger partial charge in [-0.15, -0.1) is 0 Å². The molecule has 1 N–H and O–H groups in total. The van der Waals surface area contributed by atoms with Crippen LogP contribution in [0.3, 0.4) is 0 Å². The van der Waals surface area contributed by atoms with E-state index in [0.29, 0.717) is 16.2 Å². The van der Waals surface area contributed by atoms with Crippen molar-refractivity contribution >= 4 is 28.5 Å². The van der Waals surface area contributed by atoms with Gasteiger partial charge in [0.1, 0.15) is 11.3 Å². The highest BCUT2D eigenvalue weighted by Crippen LogP contribution is 2.36. The Hall–Kier alpha value is -2.01. The summed E-state index contributed by atoms with van der Waals surface area (Å²) in [6.45, 7) is 2.85. The first-order chi connectivity index (χ1) is 10.3. The van der Waals surface area contributed by atoms with Crippen LogP contribution >= 0.6 is 11.6 Å². The Morgan fingerprint density at radius 2 is 2.00 bits per heavy atom. The van der Waals surface area contributed by atoms with Crippen molar-refractivity contribution in [1.82, 2.24) is 0 Å². The van der Waals surface area contributed by atoms with Crippen molar-refractivity contribution in [3.05, 3.63) is 38.7 Å². The molecular formula is C16H15ClO5. The Morgan fingerprint density at radius 3 is 2.68 bits per heavy atom. The van der Waals surface area contributed by atoms with Crippen molar-refractivity contribution in [2.24, 2.45) is 0 Å². The highest BCUT2D eigenvalue weighted by molar-refractivity contribution is 6.32. The third-order valence-corrected chi connectivity index (χ3v) is 4.20. The van der Waals surface area contributed by atoms with E-state index < -0.39 is 11.6 Å². The van der Waals surface area contributed by atoms with E-state index in [1.54, 1.807) is 6.07 Å². The Balaban J connectivity index is 2.16. The molecular weight excluding hydrogens is 308 g/mol. The summed E-state index contributed by atoms with van der Waals surface area (Å²) in [6, 6.07) is 3.17. The van der Waals surface area contributed by atoms with Crippen molar-refractivity contribution in [1.29, 1.82) is 0 Å². The Morgan fingerprint density at radius 1 is 1.32 bits per heavy atom. The van der Waals surface area contributed by atoms with Gasteiger partial charge >= 0.3 is 11.6 Å². The molecule has 0 aliphatic heterocycles. The number of carboxylic acid groups (broad SMARTS) is 1.